The Morgan fingerprint density at radius 2 is 2.00 bits per heavy atom. The quantitative estimate of drug-likeness (QED) is 0.825. The molecule has 0 spiro atoms. The Kier molecular flexibility index (Phi) is 6.26. The highest BCUT2D eigenvalue weighted by Crippen LogP contribution is 2.25. The molecule has 0 aliphatic rings. The first kappa shape index (κ1) is 17.2. The zero-order valence-electron chi connectivity index (χ0n) is 10.8. The van der Waals surface area contributed by atoms with Crippen molar-refractivity contribution in [1.82, 2.24) is 5.32 Å². The van der Waals surface area contributed by atoms with Gasteiger partial charge in [-0.1, -0.05) is 23.2 Å². The molecule has 1 rings (SSSR count). The van der Waals surface area contributed by atoms with Gasteiger partial charge < -0.3 is 10.4 Å². The summed E-state index contributed by atoms with van der Waals surface area (Å²) in [4.78, 5) is 11.5. The minimum atomic E-state index is -3.60. The molecule has 0 fully saturated rings. The highest BCUT2D eigenvalue weighted by Gasteiger charge is 2.18. The van der Waals surface area contributed by atoms with Crippen LogP contribution in [0.15, 0.2) is 23.1 Å². The van der Waals surface area contributed by atoms with E-state index in [2.05, 4.69) is 5.32 Å². The highest BCUT2D eigenvalue weighted by molar-refractivity contribution is 7.91. The van der Waals surface area contributed by atoms with Crippen LogP contribution in [0, 0.1) is 0 Å². The second-order valence-electron chi connectivity index (χ2n) is 4.30. The molecule has 0 aliphatic heterocycles. The maximum atomic E-state index is 12.0. The van der Waals surface area contributed by atoms with Crippen molar-refractivity contribution in [3.05, 3.63) is 28.2 Å². The number of carbonyl (C=O) groups excluding carboxylic acids is 1. The fourth-order valence-corrected chi connectivity index (χ4v) is 3.03. The number of rotatable bonds is 6. The van der Waals surface area contributed by atoms with Crippen LogP contribution in [0.5, 0.6) is 0 Å². The molecule has 1 amide bonds. The third kappa shape index (κ3) is 4.94. The number of aliphatic hydroxyl groups is 1. The van der Waals surface area contributed by atoms with Crippen LogP contribution in [0.4, 0.5) is 0 Å². The van der Waals surface area contributed by atoms with E-state index >= 15 is 0 Å². The van der Waals surface area contributed by atoms with E-state index in [-0.39, 0.29) is 33.7 Å². The minimum Gasteiger partial charge on any atom is -0.394 e. The van der Waals surface area contributed by atoms with E-state index in [1.165, 1.54) is 18.2 Å². The predicted molar refractivity (Wildman–Crippen MR) is 77.8 cm³/mol. The molecule has 0 bridgehead atoms. The Morgan fingerprint density at radius 1 is 1.35 bits per heavy atom. The van der Waals surface area contributed by atoms with Gasteiger partial charge in [-0.3, -0.25) is 4.79 Å². The van der Waals surface area contributed by atoms with E-state index in [0.717, 1.165) is 0 Å². The third-order valence-electron chi connectivity index (χ3n) is 2.53. The summed E-state index contributed by atoms with van der Waals surface area (Å²) >= 11 is 11.5. The first-order valence-corrected chi connectivity index (χ1v) is 8.25. The summed E-state index contributed by atoms with van der Waals surface area (Å²) in [6.07, 6.45) is -0.188. The molecular weight excluding hydrogens is 325 g/mol. The Morgan fingerprint density at radius 3 is 2.55 bits per heavy atom. The van der Waals surface area contributed by atoms with E-state index in [4.69, 9.17) is 28.3 Å². The average Bonchev–Trinajstić information content (AvgIpc) is 2.39. The van der Waals surface area contributed by atoms with E-state index in [1.54, 1.807) is 6.92 Å². The number of nitrogens with one attached hydrogen (secondary N) is 1. The molecule has 0 radical (unpaired) electrons. The molecule has 0 saturated heterocycles. The van der Waals surface area contributed by atoms with Gasteiger partial charge in [0.2, 0.25) is 5.91 Å². The first-order valence-electron chi connectivity index (χ1n) is 5.84. The zero-order valence-corrected chi connectivity index (χ0v) is 13.1. The molecule has 0 aromatic heterocycles. The van der Waals surface area contributed by atoms with Crippen LogP contribution in [0.2, 0.25) is 10.0 Å². The zero-order chi connectivity index (χ0) is 15.3. The Hall–Kier alpha value is -0.820. The molecule has 0 saturated carbocycles. The van der Waals surface area contributed by atoms with Crippen molar-refractivity contribution in [3.63, 3.8) is 0 Å². The van der Waals surface area contributed by atoms with E-state index < -0.39 is 21.8 Å². The van der Waals surface area contributed by atoms with Gasteiger partial charge >= 0.3 is 0 Å². The molecule has 0 aliphatic carbocycles. The normalized spacial score (nSPS) is 13.0. The summed E-state index contributed by atoms with van der Waals surface area (Å²) in [5.74, 6) is -0.773. The fraction of sp³-hybridized carbons (Fsp3) is 0.417. The Bertz CT molecular complexity index is 589. The molecule has 1 unspecified atom stereocenters. The molecule has 20 heavy (non-hydrogen) atoms. The molecule has 0 heterocycles. The van der Waals surface area contributed by atoms with Crippen LogP contribution < -0.4 is 5.32 Å². The molecule has 1 aromatic rings. The molecule has 5 nitrogen and oxygen atoms in total. The number of sulfone groups is 1. The lowest BCUT2D eigenvalue weighted by atomic mass is 10.3. The smallest absolute Gasteiger partial charge is 0.221 e. The van der Waals surface area contributed by atoms with Gasteiger partial charge in [-0.2, -0.15) is 0 Å². The maximum absolute atomic E-state index is 12.0. The molecule has 112 valence electrons. The van der Waals surface area contributed by atoms with Crippen LogP contribution in [0.3, 0.4) is 0 Å². The van der Waals surface area contributed by atoms with Crippen molar-refractivity contribution in [2.45, 2.75) is 24.3 Å². The summed E-state index contributed by atoms with van der Waals surface area (Å²) in [5, 5.41) is 11.7. The van der Waals surface area contributed by atoms with Crippen LogP contribution in [-0.2, 0) is 14.6 Å². The van der Waals surface area contributed by atoms with E-state index in [9.17, 15) is 13.2 Å². The fourth-order valence-electron chi connectivity index (χ4n) is 1.41. The summed E-state index contributed by atoms with van der Waals surface area (Å²) in [6.45, 7) is 1.41. The SMILES string of the molecule is CC(CO)NC(=O)CCS(=O)(=O)c1ccc(Cl)c(Cl)c1. The topological polar surface area (TPSA) is 83.5 Å². The van der Waals surface area contributed by atoms with E-state index in [1.807, 2.05) is 0 Å². The van der Waals surface area contributed by atoms with Gasteiger partial charge in [0.1, 0.15) is 0 Å². The van der Waals surface area contributed by atoms with Gasteiger partial charge in [0.15, 0.2) is 9.84 Å². The summed E-state index contributed by atoms with van der Waals surface area (Å²) in [7, 11) is -3.60. The van der Waals surface area contributed by atoms with Crippen molar-refractivity contribution in [2.24, 2.45) is 0 Å². The molecule has 1 atom stereocenters. The van der Waals surface area contributed by atoms with E-state index in [0.29, 0.717) is 0 Å². The third-order valence-corrected chi connectivity index (χ3v) is 4.98. The Labute approximate surface area is 127 Å². The number of benzene rings is 1. The highest BCUT2D eigenvalue weighted by atomic mass is 35.5. The van der Waals surface area contributed by atoms with Crippen molar-refractivity contribution < 1.29 is 18.3 Å². The molecule has 2 N–H and O–H groups in total. The lowest BCUT2D eigenvalue weighted by molar-refractivity contribution is -0.121. The second-order valence-corrected chi connectivity index (χ2v) is 7.22. The maximum Gasteiger partial charge on any atom is 0.221 e. The van der Waals surface area contributed by atoms with Crippen LogP contribution in [-0.4, -0.2) is 37.8 Å². The first-order chi connectivity index (χ1) is 9.26. The van der Waals surface area contributed by atoms with Crippen molar-refractivity contribution in [1.29, 1.82) is 0 Å². The van der Waals surface area contributed by atoms with Gasteiger partial charge in [-0.05, 0) is 25.1 Å². The van der Waals surface area contributed by atoms with Gasteiger partial charge in [0.05, 0.1) is 27.3 Å². The minimum absolute atomic E-state index is 0.0231. The van der Waals surface area contributed by atoms with Crippen molar-refractivity contribution in [2.75, 3.05) is 12.4 Å². The molecule has 1 aromatic carbocycles. The van der Waals surface area contributed by atoms with Gasteiger partial charge in [0.25, 0.3) is 0 Å². The summed E-state index contributed by atoms with van der Waals surface area (Å²) < 4.78 is 24.0. The predicted octanol–water partition coefficient (Wildman–Crippen LogP) is 1.65. The number of carbonyl (C=O) groups is 1. The van der Waals surface area contributed by atoms with Crippen molar-refractivity contribution >= 4 is 38.9 Å². The number of aliphatic hydroxyl groups excluding tert-OH is 1. The summed E-state index contributed by atoms with van der Waals surface area (Å²) in [5.41, 5.74) is 0. The van der Waals surface area contributed by atoms with Crippen LogP contribution in [0.25, 0.3) is 0 Å². The average molecular weight is 340 g/mol. The monoisotopic (exact) mass is 339 g/mol. The van der Waals surface area contributed by atoms with Crippen LogP contribution in [0.1, 0.15) is 13.3 Å². The van der Waals surface area contributed by atoms with Crippen molar-refractivity contribution in [3.8, 4) is 0 Å². The summed E-state index contributed by atoms with van der Waals surface area (Å²) in [6, 6.07) is 3.59. The second kappa shape index (κ2) is 7.26. The molecular formula is C12H15Cl2NO4S. The van der Waals surface area contributed by atoms with Gasteiger partial charge in [0, 0.05) is 12.5 Å². The number of halogens is 2. The lowest BCUT2D eigenvalue weighted by Crippen LogP contribution is -2.35. The van der Waals surface area contributed by atoms with Gasteiger partial charge in [-0.15, -0.1) is 0 Å². The molecule has 8 heteroatoms. The largest absolute Gasteiger partial charge is 0.394 e. The number of hydrogen-bond acceptors (Lipinski definition) is 4. The standard InChI is InChI=1S/C12H15Cl2NO4S/c1-8(7-16)15-12(17)4-5-20(18,19)9-2-3-10(13)11(14)6-9/h2-3,6,8,16H,4-5,7H2,1H3,(H,15,17). The Balaban J connectivity index is 2.70. The number of hydrogen-bond donors (Lipinski definition) is 2. The van der Waals surface area contributed by atoms with Crippen LogP contribution >= 0.6 is 23.2 Å². The van der Waals surface area contributed by atoms with Gasteiger partial charge in [-0.25, -0.2) is 8.42 Å². The lowest BCUT2D eigenvalue weighted by Gasteiger charge is -2.11. The number of amides is 1.